The third kappa shape index (κ3) is 7.49. The van der Waals surface area contributed by atoms with Gasteiger partial charge in [-0.1, -0.05) is 155 Å². The SMILES string of the molecule is [C-]#[N+]c1ccc(C)c(N(c2cc(-c3ccccc3)ccc2C)c2cc(C(C)C)c3ccc4c(N(c5cc(C#N)ccc5C)c5cc(-c6ccccc6)ccc5C)cc(C(C)C)c5ccc2c3c54)c1. The van der Waals surface area contributed by atoms with E-state index in [-0.39, 0.29) is 11.8 Å². The summed E-state index contributed by atoms with van der Waals surface area (Å²) in [6, 6.07) is 63.4. The molecule has 0 aliphatic heterocycles. The molecule has 0 radical (unpaired) electrons. The van der Waals surface area contributed by atoms with Crippen LogP contribution >= 0.6 is 0 Å². The molecule has 0 saturated carbocycles. The molecule has 0 aromatic heterocycles. The second-order valence-electron chi connectivity index (χ2n) is 19.0. The molecule has 10 aromatic rings. The number of nitrogens with zero attached hydrogens (tertiary/aromatic N) is 4. The highest BCUT2D eigenvalue weighted by atomic mass is 15.2. The van der Waals surface area contributed by atoms with Crippen molar-refractivity contribution in [2.24, 2.45) is 0 Å². The van der Waals surface area contributed by atoms with Gasteiger partial charge >= 0.3 is 0 Å². The summed E-state index contributed by atoms with van der Waals surface area (Å²) in [5.74, 6) is 0.402. The molecule has 10 aromatic carbocycles. The van der Waals surface area contributed by atoms with Crippen LogP contribution in [0.15, 0.2) is 170 Å². The Morgan fingerprint density at radius 2 is 0.809 bits per heavy atom. The molecule has 0 saturated heterocycles. The quantitative estimate of drug-likeness (QED) is 0.101. The lowest BCUT2D eigenvalue weighted by atomic mass is 9.83. The van der Waals surface area contributed by atoms with Gasteiger partial charge in [-0.3, -0.25) is 0 Å². The van der Waals surface area contributed by atoms with Gasteiger partial charge in [0.05, 0.1) is 35.3 Å². The van der Waals surface area contributed by atoms with Gasteiger partial charge in [0.2, 0.25) is 0 Å². The summed E-state index contributed by atoms with van der Waals surface area (Å²) in [6.07, 6.45) is 0. The summed E-state index contributed by atoms with van der Waals surface area (Å²) in [5.41, 5.74) is 19.0. The Bertz CT molecular complexity index is 3400. The molecular weight excluding hydrogens is 825 g/mol. The van der Waals surface area contributed by atoms with E-state index >= 15 is 0 Å². The molecule has 0 aliphatic rings. The lowest BCUT2D eigenvalue weighted by Crippen LogP contribution is -2.15. The monoisotopic (exact) mass is 878 g/mol. The van der Waals surface area contributed by atoms with Crippen LogP contribution in [0.3, 0.4) is 0 Å². The predicted molar refractivity (Wildman–Crippen MR) is 288 cm³/mol. The van der Waals surface area contributed by atoms with E-state index in [9.17, 15) is 5.26 Å². The molecule has 4 nitrogen and oxygen atoms in total. The van der Waals surface area contributed by atoms with E-state index in [2.05, 4.69) is 234 Å². The van der Waals surface area contributed by atoms with Crippen molar-refractivity contribution in [3.8, 4) is 28.3 Å². The van der Waals surface area contributed by atoms with Crippen molar-refractivity contribution < 1.29 is 0 Å². The second kappa shape index (κ2) is 17.6. The first-order valence-electron chi connectivity index (χ1n) is 23.6. The zero-order valence-electron chi connectivity index (χ0n) is 40.1. The van der Waals surface area contributed by atoms with Gasteiger partial charge in [0.1, 0.15) is 0 Å². The molecule has 4 heteroatoms. The zero-order chi connectivity index (χ0) is 47.4. The average molecular weight is 879 g/mol. The smallest absolute Gasteiger partial charge is 0.189 e. The predicted octanol–water partition coefficient (Wildman–Crippen LogP) is 18.8. The largest absolute Gasteiger partial charge is 0.311 e. The number of nitriles is 1. The summed E-state index contributed by atoms with van der Waals surface area (Å²) in [6.45, 7) is 26.0. The van der Waals surface area contributed by atoms with Gasteiger partial charge in [-0.2, -0.15) is 5.26 Å². The molecule has 10 rings (SSSR count). The van der Waals surface area contributed by atoms with Gasteiger partial charge in [-0.25, -0.2) is 4.85 Å². The topological polar surface area (TPSA) is 34.6 Å². The van der Waals surface area contributed by atoms with Crippen LogP contribution in [0.2, 0.25) is 0 Å². The zero-order valence-corrected chi connectivity index (χ0v) is 40.1. The number of hydrogen-bond acceptors (Lipinski definition) is 3. The molecule has 0 heterocycles. The molecular formula is C64H54N4. The number of anilines is 6. The molecule has 0 aliphatic carbocycles. The van der Waals surface area contributed by atoms with Crippen molar-refractivity contribution >= 4 is 72.1 Å². The van der Waals surface area contributed by atoms with E-state index < -0.39 is 0 Å². The van der Waals surface area contributed by atoms with E-state index in [1.807, 2.05) is 12.1 Å². The van der Waals surface area contributed by atoms with Crippen LogP contribution in [0.5, 0.6) is 0 Å². The van der Waals surface area contributed by atoms with Crippen molar-refractivity contribution in [3.05, 3.63) is 220 Å². The van der Waals surface area contributed by atoms with E-state index in [1.54, 1.807) is 0 Å². The Balaban J connectivity index is 1.35. The van der Waals surface area contributed by atoms with Crippen LogP contribution in [0.1, 0.15) is 78.5 Å². The Hall–Kier alpha value is -8.18. The van der Waals surface area contributed by atoms with Crippen molar-refractivity contribution in [2.45, 2.75) is 67.2 Å². The molecule has 0 atom stereocenters. The minimum atomic E-state index is 0.200. The van der Waals surface area contributed by atoms with Crippen LogP contribution < -0.4 is 9.80 Å². The van der Waals surface area contributed by atoms with E-state index in [4.69, 9.17) is 6.57 Å². The van der Waals surface area contributed by atoms with Crippen LogP contribution in [-0.2, 0) is 0 Å². The van der Waals surface area contributed by atoms with Crippen molar-refractivity contribution in [1.29, 1.82) is 5.26 Å². The minimum Gasteiger partial charge on any atom is -0.311 e. The molecule has 0 spiro atoms. The minimum absolute atomic E-state index is 0.200. The fourth-order valence-electron chi connectivity index (χ4n) is 10.3. The van der Waals surface area contributed by atoms with Crippen LogP contribution in [0.4, 0.5) is 39.8 Å². The van der Waals surface area contributed by atoms with Gasteiger partial charge < -0.3 is 9.80 Å². The molecule has 0 fully saturated rings. The maximum Gasteiger partial charge on any atom is 0.189 e. The summed E-state index contributed by atoms with van der Waals surface area (Å²) >= 11 is 0. The average Bonchev–Trinajstić information content (AvgIpc) is 3.36. The summed E-state index contributed by atoms with van der Waals surface area (Å²) in [5, 5.41) is 17.6. The van der Waals surface area contributed by atoms with Crippen LogP contribution in [0, 0.1) is 45.6 Å². The van der Waals surface area contributed by atoms with E-state index in [0.29, 0.717) is 11.3 Å². The van der Waals surface area contributed by atoms with Crippen LogP contribution in [-0.4, -0.2) is 0 Å². The number of aryl methyl sites for hydroxylation is 4. The molecule has 330 valence electrons. The van der Waals surface area contributed by atoms with Crippen molar-refractivity contribution in [3.63, 3.8) is 0 Å². The highest BCUT2D eigenvalue weighted by Gasteiger charge is 2.28. The molecule has 0 unspecified atom stereocenters. The lowest BCUT2D eigenvalue weighted by Gasteiger charge is -2.33. The van der Waals surface area contributed by atoms with Gasteiger partial charge in [-0.15, -0.1) is 0 Å². The first-order chi connectivity index (χ1) is 32.9. The standard InChI is InChI=1S/C64H54N4/c1-39(2)55-36-61(67(57-32-45(38-65)24-20-41(57)5)58-33-48(25-21-42(58)6)46-16-12-10-13-17-46)53-30-28-52-56(40(3)4)37-62(54-31-29-51(55)63(53)64(52)54)68(60-35-50(66-9)27-23-44(60)8)59-34-49(26-22-43(59)7)47-18-14-11-15-19-47/h10-37,39-40H,1-8H3. The highest BCUT2D eigenvalue weighted by Crippen LogP contribution is 2.53. The second-order valence-corrected chi connectivity index (χ2v) is 19.0. The number of hydrogen-bond donors (Lipinski definition) is 0. The molecule has 68 heavy (non-hydrogen) atoms. The molecule has 0 bridgehead atoms. The van der Waals surface area contributed by atoms with Gasteiger partial charge in [-0.05, 0) is 159 Å². The van der Waals surface area contributed by atoms with Gasteiger partial charge in [0.15, 0.2) is 5.69 Å². The Kier molecular flexibility index (Phi) is 11.3. The Labute approximate surface area is 401 Å². The number of rotatable bonds is 10. The van der Waals surface area contributed by atoms with Crippen molar-refractivity contribution in [2.75, 3.05) is 9.80 Å². The molecule has 0 amide bonds. The van der Waals surface area contributed by atoms with Gasteiger partial charge in [0.25, 0.3) is 0 Å². The van der Waals surface area contributed by atoms with Gasteiger partial charge in [0, 0.05) is 27.8 Å². The summed E-state index contributed by atoms with van der Waals surface area (Å²) < 4.78 is 0. The summed E-state index contributed by atoms with van der Waals surface area (Å²) in [7, 11) is 0. The fourth-order valence-corrected chi connectivity index (χ4v) is 10.3. The highest BCUT2D eigenvalue weighted by molar-refractivity contribution is 6.29. The first kappa shape index (κ1) is 43.7. The maximum absolute atomic E-state index is 10.4. The van der Waals surface area contributed by atoms with Crippen LogP contribution in [0.25, 0.3) is 59.4 Å². The third-order valence-electron chi connectivity index (χ3n) is 13.9. The third-order valence-corrected chi connectivity index (χ3v) is 13.9. The summed E-state index contributed by atoms with van der Waals surface area (Å²) in [4.78, 5) is 8.80. The molecule has 0 N–H and O–H groups in total. The lowest BCUT2D eigenvalue weighted by molar-refractivity contribution is 0.875. The van der Waals surface area contributed by atoms with Crippen molar-refractivity contribution in [1.82, 2.24) is 0 Å². The fraction of sp³-hybridized carbons (Fsp3) is 0.156. The van der Waals surface area contributed by atoms with E-state index in [0.717, 1.165) is 89.4 Å². The van der Waals surface area contributed by atoms with E-state index in [1.165, 1.54) is 32.7 Å². The maximum atomic E-state index is 10.4. The Morgan fingerprint density at radius 3 is 1.24 bits per heavy atom. The first-order valence-corrected chi connectivity index (χ1v) is 23.6. The normalized spacial score (nSPS) is 11.5. The number of benzene rings is 10. The Morgan fingerprint density at radius 1 is 0.412 bits per heavy atom.